The van der Waals surface area contributed by atoms with Crippen molar-refractivity contribution in [1.82, 2.24) is 0 Å². The Morgan fingerprint density at radius 3 is 2.57 bits per heavy atom. The van der Waals surface area contributed by atoms with Crippen LogP contribution in [0.15, 0.2) is 23.1 Å². The van der Waals surface area contributed by atoms with Crippen LogP contribution >= 0.6 is 0 Å². The quantitative estimate of drug-likeness (QED) is 0.764. The molecule has 14 heavy (non-hydrogen) atoms. The molecule has 0 radical (unpaired) electrons. The number of aryl methyl sites for hydroxylation is 1. The maximum absolute atomic E-state index is 12.7. The molecule has 78 valence electrons. The summed E-state index contributed by atoms with van der Waals surface area (Å²) in [6.45, 7) is 1.63. The summed E-state index contributed by atoms with van der Waals surface area (Å²) >= 11 is 0. The van der Waals surface area contributed by atoms with Crippen molar-refractivity contribution >= 4 is 9.84 Å². The number of rotatable bonds is 3. The molecule has 0 aromatic heterocycles. The Hall–Kier alpha value is -0.940. The highest BCUT2D eigenvalue weighted by molar-refractivity contribution is 7.91. The standard InChI is InChI=1S/C9H12FNO2S/c1-7-6-8(10)2-3-9(7)14(12,13)5-4-11/h2-3,6H,4-5,11H2,1H3. The largest absolute Gasteiger partial charge is 0.329 e. The molecule has 0 amide bonds. The third-order valence-electron chi connectivity index (χ3n) is 1.86. The van der Waals surface area contributed by atoms with E-state index >= 15 is 0 Å². The van der Waals surface area contributed by atoms with Gasteiger partial charge in [0.1, 0.15) is 5.82 Å². The first-order chi connectivity index (χ1) is 6.47. The first-order valence-electron chi connectivity index (χ1n) is 4.16. The summed E-state index contributed by atoms with van der Waals surface area (Å²) in [5.74, 6) is -0.548. The molecule has 1 aromatic carbocycles. The molecular weight excluding hydrogens is 205 g/mol. The highest BCUT2D eigenvalue weighted by Crippen LogP contribution is 2.17. The maximum Gasteiger partial charge on any atom is 0.179 e. The first-order valence-corrected chi connectivity index (χ1v) is 5.81. The minimum Gasteiger partial charge on any atom is -0.329 e. The van der Waals surface area contributed by atoms with E-state index in [4.69, 9.17) is 5.73 Å². The predicted octanol–water partition coefficient (Wildman–Crippen LogP) is 0.867. The lowest BCUT2D eigenvalue weighted by molar-refractivity contribution is 0.593. The van der Waals surface area contributed by atoms with Crippen molar-refractivity contribution in [1.29, 1.82) is 0 Å². The fraction of sp³-hybridized carbons (Fsp3) is 0.333. The number of benzene rings is 1. The second kappa shape index (κ2) is 4.06. The van der Waals surface area contributed by atoms with E-state index in [0.29, 0.717) is 5.56 Å². The van der Waals surface area contributed by atoms with Gasteiger partial charge < -0.3 is 5.73 Å². The molecule has 0 atom stereocenters. The van der Waals surface area contributed by atoms with Crippen LogP contribution in [0.2, 0.25) is 0 Å². The van der Waals surface area contributed by atoms with Crippen molar-refractivity contribution in [2.75, 3.05) is 12.3 Å². The van der Waals surface area contributed by atoms with Gasteiger partial charge in [-0.25, -0.2) is 12.8 Å². The van der Waals surface area contributed by atoms with Gasteiger partial charge in [0.05, 0.1) is 10.6 Å². The van der Waals surface area contributed by atoms with Gasteiger partial charge in [-0.15, -0.1) is 0 Å². The zero-order valence-electron chi connectivity index (χ0n) is 7.83. The molecule has 0 bridgehead atoms. The minimum absolute atomic E-state index is 0.0686. The zero-order valence-corrected chi connectivity index (χ0v) is 8.64. The van der Waals surface area contributed by atoms with Crippen molar-refractivity contribution in [2.24, 2.45) is 5.73 Å². The SMILES string of the molecule is Cc1cc(F)ccc1S(=O)(=O)CCN. The predicted molar refractivity (Wildman–Crippen MR) is 52.2 cm³/mol. The number of halogens is 1. The number of hydrogen-bond acceptors (Lipinski definition) is 3. The molecule has 0 saturated heterocycles. The van der Waals surface area contributed by atoms with Crippen LogP contribution in [0.3, 0.4) is 0 Å². The summed E-state index contributed by atoms with van der Waals surface area (Å²) in [4.78, 5) is 0.157. The van der Waals surface area contributed by atoms with E-state index in [1.165, 1.54) is 12.1 Å². The van der Waals surface area contributed by atoms with Crippen LogP contribution in [0, 0.1) is 12.7 Å². The highest BCUT2D eigenvalue weighted by Gasteiger charge is 2.15. The first kappa shape index (κ1) is 11.1. The maximum atomic E-state index is 12.7. The molecule has 2 N–H and O–H groups in total. The van der Waals surface area contributed by atoms with Gasteiger partial charge in [0.15, 0.2) is 9.84 Å². The minimum atomic E-state index is -3.35. The van der Waals surface area contributed by atoms with Crippen molar-refractivity contribution in [3.05, 3.63) is 29.6 Å². The molecule has 0 aliphatic rings. The van der Waals surface area contributed by atoms with Gasteiger partial charge >= 0.3 is 0 Å². The van der Waals surface area contributed by atoms with Crippen LogP contribution in [0.25, 0.3) is 0 Å². The summed E-state index contributed by atoms with van der Waals surface area (Å²) in [7, 11) is -3.35. The molecule has 0 unspecified atom stereocenters. The summed E-state index contributed by atoms with van der Waals surface area (Å²) in [6, 6.07) is 3.61. The molecule has 0 spiro atoms. The number of sulfone groups is 1. The molecule has 0 heterocycles. The third-order valence-corrected chi connectivity index (χ3v) is 3.76. The van der Waals surface area contributed by atoms with Crippen LogP contribution in [-0.4, -0.2) is 20.7 Å². The van der Waals surface area contributed by atoms with Crippen LogP contribution < -0.4 is 5.73 Å². The van der Waals surface area contributed by atoms with Crippen molar-refractivity contribution in [2.45, 2.75) is 11.8 Å². The van der Waals surface area contributed by atoms with E-state index in [1.807, 2.05) is 0 Å². The lowest BCUT2D eigenvalue weighted by Gasteiger charge is -2.05. The van der Waals surface area contributed by atoms with Gasteiger partial charge in [-0.1, -0.05) is 0 Å². The van der Waals surface area contributed by atoms with E-state index in [1.54, 1.807) is 6.92 Å². The monoisotopic (exact) mass is 217 g/mol. The lowest BCUT2D eigenvalue weighted by atomic mass is 10.2. The Labute approximate surface area is 82.7 Å². The Morgan fingerprint density at radius 1 is 1.43 bits per heavy atom. The Bertz CT molecular complexity index is 428. The van der Waals surface area contributed by atoms with Gasteiger partial charge in [-0.3, -0.25) is 0 Å². The number of hydrogen-bond donors (Lipinski definition) is 1. The van der Waals surface area contributed by atoms with Crippen LogP contribution in [-0.2, 0) is 9.84 Å². The number of nitrogens with two attached hydrogens (primary N) is 1. The molecule has 0 aliphatic carbocycles. The van der Waals surface area contributed by atoms with E-state index in [2.05, 4.69) is 0 Å². The summed E-state index contributed by atoms with van der Waals surface area (Å²) in [5.41, 5.74) is 5.59. The van der Waals surface area contributed by atoms with E-state index in [0.717, 1.165) is 6.07 Å². The van der Waals surface area contributed by atoms with Gasteiger partial charge in [-0.05, 0) is 30.7 Å². The molecule has 5 heteroatoms. The van der Waals surface area contributed by atoms with Crippen molar-refractivity contribution < 1.29 is 12.8 Å². The van der Waals surface area contributed by atoms with Gasteiger partial charge in [0, 0.05) is 6.54 Å². The molecule has 1 aromatic rings. The lowest BCUT2D eigenvalue weighted by Crippen LogP contribution is -2.16. The van der Waals surface area contributed by atoms with Crippen molar-refractivity contribution in [3.63, 3.8) is 0 Å². The van der Waals surface area contributed by atoms with Gasteiger partial charge in [-0.2, -0.15) is 0 Å². The molecular formula is C9H12FNO2S. The van der Waals surface area contributed by atoms with E-state index in [9.17, 15) is 12.8 Å². The normalized spacial score (nSPS) is 11.6. The molecule has 3 nitrogen and oxygen atoms in total. The van der Waals surface area contributed by atoms with Crippen LogP contribution in [0.1, 0.15) is 5.56 Å². The highest BCUT2D eigenvalue weighted by atomic mass is 32.2. The topological polar surface area (TPSA) is 60.2 Å². The summed E-state index contributed by atoms with van der Waals surface area (Å²) < 4.78 is 35.8. The van der Waals surface area contributed by atoms with E-state index < -0.39 is 15.7 Å². The van der Waals surface area contributed by atoms with E-state index in [-0.39, 0.29) is 17.2 Å². The van der Waals surface area contributed by atoms with Crippen LogP contribution in [0.5, 0.6) is 0 Å². The Morgan fingerprint density at radius 2 is 2.07 bits per heavy atom. The molecule has 0 fully saturated rings. The zero-order chi connectivity index (χ0) is 10.8. The van der Waals surface area contributed by atoms with Gasteiger partial charge in [0.25, 0.3) is 0 Å². The Kier molecular flexibility index (Phi) is 3.23. The molecule has 1 rings (SSSR count). The molecule has 0 aliphatic heterocycles. The van der Waals surface area contributed by atoms with Crippen molar-refractivity contribution in [3.8, 4) is 0 Å². The second-order valence-corrected chi connectivity index (χ2v) is 5.09. The van der Waals surface area contributed by atoms with Gasteiger partial charge in [0.2, 0.25) is 0 Å². The Balaban J connectivity index is 3.20. The summed E-state index contributed by atoms with van der Waals surface area (Å²) in [6.07, 6.45) is 0. The average molecular weight is 217 g/mol. The fourth-order valence-electron chi connectivity index (χ4n) is 1.23. The smallest absolute Gasteiger partial charge is 0.179 e. The van der Waals surface area contributed by atoms with Crippen LogP contribution in [0.4, 0.5) is 4.39 Å². The average Bonchev–Trinajstić information content (AvgIpc) is 2.02. The third kappa shape index (κ3) is 2.30. The molecule has 0 saturated carbocycles. The second-order valence-electron chi connectivity index (χ2n) is 3.02. The fourth-order valence-corrected chi connectivity index (χ4v) is 2.58. The summed E-state index contributed by atoms with van der Waals surface area (Å²) in [5, 5.41) is 0.